The van der Waals surface area contributed by atoms with Crippen molar-refractivity contribution in [2.24, 2.45) is 0 Å². The lowest BCUT2D eigenvalue weighted by Gasteiger charge is -2.23. The molecule has 0 saturated heterocycles. The minimum absolute atomic E-state index is 0.529. The fourth-order valence-corrected chi connectivity index (χ4v) is 5.50. The van der Waals surface area contributed by atoms with Crippen LogP contribution in [0.15, 0.2) is 22.0 Å². The Hall–Kier alpha value is 0.130. The average molecular weight is 377 g/mol. The maximum absolute atomic E-state index is 5.95. The molecule has 0 amide bonds. The number of rotatable bonds is 4. The first-order chi connectivity index (χ1) is 9.22. The van der Waals surface area contributed by atoms with E-state index in [-0.39, 0.29) is 0 Å². The van der Waals surface area contributed by atoms with Crippen molar-refractivity contribution >= 4 is 50.2 Å². The Morgan fingerprint density at radius 1 is 1.37 bits per heavy atom. The first-order valence-corrected chi connectivity index (χ1v) is 9.28. The van der Waals surface area contributed by atoms with Gasteiger partial charge in [0.05, 0.1) is 8.12 Å². The third-order valence-electron chi connectivity index (χ3n) is 3.47. The molecule has 19 heavy (non-hydrogen) atoms. The highest BCUT2D eigenvalue weighted by atomic mass is 79.9. The molecule has 0 saturated carbocycles. The van der Waals surface area contributed by atoms with Gasteiger partial charge in [0, 0.05) is 22.3 Å². The second-order valence-corrected chi connectivity index (χ2v) is 9.10. The minimum atomic E-state index is 0.529. The summed E-state index contributed by atoms with van der Waals surface area (Å²) in [5.41, 5.74) is 1.51. The van der Waals surface area contributed by atoms with Crippen molar-refractivity contribution in [2.75, 3.05) is 6.54 Å². The molecule has 1 unspecified atom stereocenters. The molecule has 0 fully saturated rings. The van der Waals surface area contributed by atoms with Gasteiger partial charge in [0.15, 0.2) is 0 Å². The maximum Gasteiger partial charge on any atom is 0.0931 e. The normalized spacial score (nSPS) is 18.5. The summed E-state index contributed by atoms with van der Waals surface area (Å²) < 4.78 is 2.15. The summed E-state index contributed by atoms with van der Waals surface area (Å²) in [5, 5.41) is 3.70. The molecular formula is C14H15BrClNS2. The van der Waals surface area contributed by atoms with Crippen LogP contribution in [0.1, 0.15) is 34.2 Å². The lowest BCUT2D eigenvalue weighted by molar-refractivity contribution is 0.467. The first-order valence-electron chi connectivity index (χ1n) is 6.48. The van der Waals surface area contributed by atoms with Gasteiger partial charge in [0.2, 0.25) is 0 Å². The molecule has 2 heterocycles. The molecule has 102 valence electrons. The number of hydrogen-bond acceptors (Lipinski definition) is 3. The van der Waals surface area contributed by atoms with Crippen LogP contribution in [0.4, 0.5) is 0 Å². The standard InChI is InChI=1S/C14H15BrClNS2/c15-13-8-10-11(2-1-3-12(10)19-13)17-7-6-9-4-5-14(16)18-9/h4-5,8,11,17H,1-3,6-7H2. The van der Waals surface area contributed by atoms with Crippen molar-refractivity contribution in [1.29, 1.82) is 0 Å². The van der Waals surface area contributed by atoms with Crippen molar-refractivity contribution in [3.8, 4) is 0 Å². The Kier molecular flexibility index (Phi) is 4.65. The van der Waals surface area contributed by atoms with Gasteiger partial charge in [-0.05, 0) is 65.4 Å². The third kappa shape index (κ3) is 3.42. The quantitative estimate of drug-likeness (QED) is 0.749. The van der Waals surface area contributed by atoms with Gasteiger partial charge in [-0.2, -0.15) is 0 Å². The number of aryl methyl sites for hydroxylation is 1. The summed E-state index contributed by atoms with van der Waals surface area (Å²) in [6.07, 6.45) is 4.85. The predicted molar refractivity (Wildman–Crippen MR) is 88.7 cm³/mol. The van der Waals surface area contributed by atoms with Crippen molar-refractivity contribution in [1.82, 2.24) is 5.32 Å². The van der Waals surface area contributed by atoms with Crippen LogP contribution in [-0.2, 0) is 12.8 Å². The molecule has 2 aromatic heterocycles. The second-order valence-electron chi connectivity index (χ2n) is 4.78. The van der Waals surface area contributed by atoms with E-state index in [9.17, 15) is 0 Å². The number of fused-ring (bicyclic) bond motifs is 1. The maximum atomic E-state index is 5.95. The Balaban J connectivity index is 1.59. The van der Waals surface area contributed by atoms with Gasteiger partial charge in [-0.3, -0.25) is 0 Å². The van der Waals surface area contributed by atoms with E-state index in [0.29, 0.717) is 6.04 Å². The highest BCUT2D eigenvalue weighted by Crippen LogP contribution is 2.37. The van der Waals surface area contributed by atoms with Crippen LogP contribution in [0.5, 0.6) is 0 Å². The number of halogens is 2. The molecule has 1 aliphatic rings. The first kappa shape index (κ1) is 14.1. The van der Waals surface area contributed by atoms with Crippen LogP contribution in [0.2, 0.25) is 4.34 Å². The molecule has 1 N–H and O–H groups in total. The zero-order valence-corrected chi connectivity index (χ0v) is 14.4. The van der Waals surface area contributed by atoms with Crippen molar-refractivity contribution in [3.05, 3.63) is 41.6 Å². The third-order valence-corrected chi connectivity index (χ3v) is 6.48. The number of hydrogen-bond donors (Lipinski definition) is 1. The molecule has 3 rings (SSSR count). The Labute approximate surface area is 135 Å². The fourth-order valence-electron chi connectivity index (χ4n) is 2.59. The summed E-state index contributed by atoms with van der Waals surface area (Å²) in [5.74, 6) is 0. The second kappa shape index (κ2) is 6.27. The largest absolute Gasteiger partial charge is 0.310 e. The van der Waals surface area contributed by atoms with Gasteiger partial charge in [-0.1, -0.05) is 11.6 Å². The monoisotopic (exact) mass is 375 g/mol. The lowest BCUT2D eigenvalue weighted by atomic mass is 9.94. The van der Waals surface area contributed by atoms with E-state index in [4.69, 9.17) is 11.6 Å². The van der Waals surface area contributed by atoms with Crippen LogP contribution in [-0.4, -0.2) is 6.54 Å². The zero-order chi connectivity index (χ0) is 13.2. The Bertz CT molecular complexity index is 564. The van der Waals surface area contributed by atoms with Gasteiger partial charge >= 0.3 is 0 Å². The van der Waals surface area contributed by atoms with Crippen LogP contribution < -0.4 is 5.32 Å². The highest BCUT2D eigenvalue weighted by Gasteiger charge is 2.21. The van der Waals surface area contributed by atoms with E-state index in [1.165, 1.54) is 33.5 Å². The number of thiophene rings is 2. The van der Waals surface area contributed by atoms with Gasteiger partial charge < -0.3 is 5.32 Å². The number of nitrogens with one attached hydrogen (secondary N) is 1. The predicted octanol–water partition coefficient (Wildman–Crippen LogP) is 5.44. The van der Waals surface area contributed by atoms with E-state index < -0.39 is 0 Å². The summed E-state index contributed by atoms with van der Waals surface area (Å²) in [4.78, 5) is 2.91. The van der Waals surface area contributed by atoms with Crippen LogP contribution in [0, 0.1) is 0 Å². The molecule has 1 atom stereocenters. The summed E-state index contributed by atoms with van der Waals surface area (Å²) in [6, 6.07) is 6.93. The molecule has 5 heteroatoms. The summed E-state index contributed by atoms with van der Waals surface area (Å²) in [7, 11) is 0. The minimum Gasteiger partial charge on any atom is -0.310 e. The van der Waals surface area contributed by atoms with Crippen molar-refractivity contribution in [3.63, 3.8) is 0 Å². The van der Waals surface area contributed by atoms with E-state index in [2.05, 4.69) is 33.4 Å². The fraction of sp³-hybridized carbons (Fsp3) is 0.429. The highest BCUT2D eigenvalue weighted by molar-refractivity contribution is 9.11. The summed E-state index contributed by atoms with van der Waals surface area (Å²) >= 11 is 13.1. The van der Waals surface area contributed by atoms with E-state index in [1.54, 1.807) is 16.2 Å². The Morgan fingerprint density at radius 3 is 3.05 bits per heavy atom. The van der Waals surface area contributed by atoms with Gasteiger partial charge in [-0.25, -0.2) is 0 Å². The molecule has 0 spiro atoms. The van der Waals surface area contributed by atoms with E-state index in [0.717, 1.165) is 17.3 Å². The van der Waals surface area contributed by atoms with Crippen molar-refractivity contribution < 1.29 is 0 Å². The zero-order valence-electron chi connectivity index (χ0n) is 10.4. The van der Waals surface area contributed by atoms with Crippen molar-refractivity contribution in [2.45, 2.75) is 31.7 Å². The molecular weight excluding hydrogens is 362 g/mol. The average Bonchev–Trinajstić information content (AvgIpc) is 2.95. The van der Waals surface area contributed by atoms with Gasteiger partial charge in [-0.15, -0.1) is 22.7 Å². The molecule has 1 aliphatic carbocycles. The Morgan fingerprint density at radius 2 is 2.26 bits per heavy atom. The van der Waals surface area contributed by atoms with Crippen LogP contribution in [0.3, 0.4) is 0 Å². The smallest absolute Gasteiger partial charge is 0.0931 e. The van der Waals surface area contributed by atoms with Gasteiger partial charge in [0.25, 0.3) is 0 Å². The molecule has 1 nitrogen and oxygen atoms in total. The summed E-state index contributed by atoms with van der Waals surface area (Å²) in [6.45, 7) is 1.02. The SMILES string of the molecule is Clc1ccc(CCNC2CCCc3sc(Br)cc32)s1. The molecule has 0 bridgehead atoms. The van der Waals surface area contributed by atoms with Gasteiger partial charge in [0.1, 0.15) is 0 Å². The van der Waals surface area contributed by atoms with E-state index in [1.807, 2.05) is 17.4 Å². The topological polar surface area (TPSA) is 12.0 Å². The van der Waals surface area contributed by atoms with Crippen LogP contribution >= 0.6 is 50.2 Å². The molecule has 0 radical (unpaired) electrons. The van der Waals surface area contributed by atoms with Crippen LogP contribution in [0.25, 0.3) is 0 Å². The lowest BCUT2D eigenvalue weighted by Crippen LogP contribution is -2.26. The molecule has 0 aliphatic heterocycles. The van der Waals surface area contributed by atoms with E-state index >= 15 is 0 Å². The molecule has 2 aromatic rings. The molecule has 0 aromatic carbocycles.